The van der Waals surface area contributed by atoms with Crippen LogP contribution in [0.15, 0.2) is 12.1 Å². The van der Waals surface area contributed by atoms with Gasteiger partial charge in [0.05, 0.1) is 22.0 Å². The third-order valence-corrected chi connectivity index (χ3v) is 1.86. The van der Waals surface area contributed by atoms with Crippen molar-refractivity contribution in [2.75, 3.05) is 0 Å². The number of nitro benzene ring substituents is 1. The van der Waals surface area contributed by atoms with Crippen LogP contribution in [0.4, 0.5) is 5.69 Å². The second-order valence-electron chi connectivity index (χ2n) is 2.74. The van der Waals surface area contributed by atoms with Gasteiger partial charge in [-0.25, -0.2) is 0 Å². The molecule has 0 atom stereocenters. The number of fused-ring (bicyclic) bond motifs is 1. The maximum Gasteiger partial charge on any atom is 1.00 e. The first-order valence-corrected chi connectivity index (χ1v) is 3.80. The van der Waals surface area contributed by atoms with Crippen molar-refractivity contribution in [1.82, 2.24) is 15.4 Å². The molecular weight excluding hydrogens is 312 g/mol. The predicted molar refractivity (Wildman–Crippen MR) is 44.9 cm³/mol. The summed E-state index contributed by atoms with van der Waals surface area (Å²) in [7, 11) is 0. The van der Waals surface area contributed by atoms with Crippen molar-refractivity contribution in [3.8, 4) is 0 Å². The number of nitrogens with zero attached hydrogens (tertiary/aromatic N) is 3. The second-order valence-corrected chi connectivity index (χ2v) is 2.74. The third kappa shape index (κ3) is 1.94. The smallest absolute Gasteiger partial charge is 0.545 e. The molecule has 0 fully saturated rings. The molecule has 0 amide bonds. The molecule has 0 aliphatic heterocycles. The fraction of sp³-hybridized carbons (Fsp3) is 0. The summed E-state index contributed by atoms with van der Waals surface area (Å²) in [4.78, 5) is 20.4. The molecular formula is C7H3AgN4O4. The molecule has 1 heterocycles. The van der Waals surface area contributed by atoms with E-state index in [1.54, 1.807) is 0 Å². The second kappa shape index (κ2) is 4.39. The van der Waals surface area contributed by atoms with Gasteiger partial charge < -0.3 is 9.90 Å². The summed E-state index contributed by atoms with van der Waals surface area (Å²) in [5.74, 6) is -1.62. The van der Waals surface area contributed by atoms with Gasteiger partial charge >= 0.3 is 22.4 Å². The number of carbonyl (C=O) groups excluding carboxylic acids is 1. The van der Waals surface area contributed by atoms with E-state index in [1.807, 2.05) is 0 Å². The van der Waals surface area contributed by atoms with Gasteiger partial charge in [0.25, 0.3) is 5.69 Å². The number of aromatic carboxylic acids is 1. The molecule has 0 bridgehead atoms. The van der Waals surface area contributed by atoms with Crippen molar-refractivity contribution in [1.29, 1.82) is 0 Å². The Balaban J connectivity index is 0.00000128. The number of benzene rings is 1. The number of hydrogen-bond donors (Lipinski definition) is 1. The maximum atomic E-state index is 10.6. The minimum absolute atomic E-state index is 0. The first-order valence-electron chi connectivity index (χ1n) is 3.80. The molecule has 2 rings (SSSR count). The molecule has 16 heavy (non-hydrogen) atoms. The average molecular weight is 315 g/mol. The van der Waals surface area contributed by atoms with Gasteiger partial charge in [0, 0.05) is 6.07 Å². The Labute approximate surface area is 103 Å². The molecule has 0 spiro atoms. The number of nitrogens with one attached hydrogen (secondary N) is 1. The van der Waals surface area contributed by atoms with Crippen LogP contribution in [-0.4, -0.2) is 26.3 Å². The van der Waals surface area contributed by atoms with Crippen LogP contribution >= 0.6 is 0 Å². The van der Waals surface area contributed by atoms with Crippen LogP contribution in [0, 0.1) is 10.1 Å². The standard InChI is InChI=1S/C7H4N4O4.Ag/c12-7(13)3-1-4-5(9-10-8-4)2-6(3)11(14)15;/h1-2H,(H,12,13)(H,8,9,10);/q;+1/p-1. The van der Waals surface area contributed by atoms with Gasteiger partial charge in [-0.05, 0) is 6.07 Å². The SMILES string of the molecule is O=C([O-])c1cc2nn[nH]c2cc1[N+](=O)[O-].[Ag+]. The number of carbonyl (C=O) groups is 1. The van der Waals surface area contributed by atoms with E-state index in [0.29, 0.717) is 5.52 Å². The Morgan fingerprint density at radius 2 is 2.12 bits per heavy atom. The minimum Gasteiger partial charge on any atom is -0.545 e. The van der Waals surface area contributed by atoms with Crippen molar-refractivity contribution < 1.29 is 37.2 Å². The van der Waals surface area contributed by atoms with Gasteiger partial charge in [0.1, 0.15) is 5.52 Å². The molecule has 8 nitrogen and oxygen atoms in total. The van der Waals surface area contributed by atoms with E-state index in [0.717, 1.165) is 12.1 Å². The minimum atomic E-state index is -1.62. The predicted octanol–water partition coefficient (Wildman–Crippen LogP) is -0.773. The van der Waals surface area contributed by atoms with E-state index in [-0.39, 0.29) is 27.9 Å². The monoisotopic (exact) mass is 314 g/mol. The van der Waals surface area contributed by atoms with Gasteiger partial charge in [-0.3, -0.25) is 15.2 Å². The number of aromatic amines is 1. The number of rotatable bonds is 2. The van der Waals surface area contributed by atoms with E-state index in [9.17, 15) is 20.0 Å². The first kappa shape index (κ1) is 12.3. The van der Waals surface area contributed by atoms with Gasteiger partial charge in [-0.1, -0.05) is 5.21 Å². The summed E-state index contributed by atoms with van der Waals surface area (Å²) in [6, 6.07) is 2.10. The first-order chi connectivity index (χ1) is 7.09. The third-order valence-electron chi connectivity index (χ3n) is 1.86. The van der Waals surface area contributed by atoms with E-state index in [2.05, 4.69) is 15.4 Å². The number of aromatic nitrogens is 3. The summed E-state index contributed by atoms with van der Waals surface area (Å²) in [6.07, 6.45) is 0. The molecule has 1 N–H and O–H groups in total. The van der Waals surface area contributed by atoms with Gasteiger partial charge in [0.2, 0.25) is 0 Å². The zero-order valence-corrected chi connectivity index (χ0v) is 8.91. The number of hydrogen-bond acceptors (Lipinski definition) is 6. The number of H-pyrrole nitrogens is 1. The van der Waals surface area contributed by atoms with Gasteiger partial charge in [-0.2, -0.15) is 0 Å². The van der Waals surface area contributed by atoms with Crippen LogP contribution in [0.3, 0.4) is 0 Å². The molecule has 1 aromatic heterocycles. The molecule has 0 saturated carbocycles. The Morgan fingerprint density at radius 3 is 2.69 bits per heavy atom. The fourth-order valence-electron chi connectivity index (χ4n) is 1.20. The van der Waals surface area contributed by atoms with Crippen LogP contribution in [0.5, 0.6) is 0 Å². The van der Waals surface area contributed by atoms with Crippen molar-refractivity contribution in [2.24, 2.45) is 0 Å². The van der Waals surface area contributed by atoms with E-state index in [4.69, 9.17) is 0 Å². The number of carboxylic acids is 1. The van der Waals surface area contributed by atoms with Crippen molar-refractivity contribution in [2.45, 2.75) is 0 Å². The largest absolute Gasteiger partial charge is 1.00 e. The van der Waals surface area contributed by atoms with E-state index < -0.39 is 22.1 Å². The Hall–Kier alpha value is -1.77. The summed E-state index contributed by atoms with van der Waals surface area (Å²) in [5.41, 5.74) is -0.526. The molecule has 0 aliphatic rings. The van der Waals surface area contributed by atoms with Crippen molar-refractivity contribution in [3.63, 3.8) is 0 Å². The summed E-state index contributed by atoms with van der Waals surface area (Å²) in [5, 5.41) is 30.5. The van der Waals surface area contributed by atoms with Gasteiger partial charge in [0.15, 0.2) is 0 Å². The summed E-state index contributed by atoms with van der Waals surface area (Å²) in [6.45, 7) is 0. The Kier molecular flexibility index (Phi) is 3.38. The van der Waals surface area contributed by atoms with Crippen LogP contribution in [0.25, 0.3) is 11.0 Å². The quantitative estimate of drug-likeness (QED) is 0.440. The zero-order chi connectivity index (χ0) is 11.0. The molecule has 2 aromatic rings. The molecule has 1 aromatic carbocycles. The summed E-state index contributed by atoms with van der Waals surface area (Å²) < 4.78 is 0. The number of carboxylic acid groups (broad SMARTS) is 1. The van der Waals surface area contributed by atoms with Crippen LogP contribution in [0.1, 0.15) is 10.4 Å². The zero-order valence-electron chi connectivity index (χ0n) is 7.43. The molecule has 0 saturated heterocycles. The number of nitro groups is 1. The van der Waals surface area contributed by atoms with Crippen LogP contribution < -0.4 is 5.11 Å². The van der Waals surface area contributed by atoms with E-state index in [1.165, 1.54) is 0 Å². The fourth-order valence-corrected chi connectivity index (χ4v) is 1.20. The molecule has 9 heteroatoms. The van der Waals surface area contributed by atoms with Crippen molar-refractivity contribution in [3.05, 3.63) is 27.8 Å². The molecule has 0 unspecified atom stereocenters. The molecule has 86 valence electrons. The van der Waals surface area contributed by atoms with Gasteiger partial charge in [-0.15, -0.1) is 5.10 Å². The normalized spacial score (nSPS) is 9.75. The topological polar surface area (TPSA) is 125 Å². The average Bonchev–Trinajstić information content (AvgIpc) is 2.61. The van der Waals surface area contributed by atoms with Crippen molar-refractivity contribution >= 4 is 22.7 Å². The summed E-state index contributed by atoms with van der Waals surface area (Å²) >= 11 is 0. The maximum absolute atomic E-state index is 10.6. The van der Waals surface area contributed by atoms with Crippen LogP contribution in [0.2, 0.25) is 0 Å². The molecule has 0 radical (unpaired) electrons. The Morgan fingerprint density at radius 1 is 1.44 bits per heavy atom. The Bertz CT molecular complexity index is 519. The van der Waals surface area contributed by atoms with E-state index >= 15 is 0 Å². The molecule has 0 aliphatic carbocycles. The van der Waals surface area contributed by atoms with Crippen LogP contribution in [-0.2, 0) is 22.4 Å².